The fourth-order valence-electron chi connectivity index (χ4n) is 3.59. The van der Waals surface area contributed by atoms with E-state index in [2.05, 4.69) is 15.2 Å². The van der Waals surface area contributed by atoms with Gasteiger partial charge in [0.2, 0.25) is 0 Å². The van der Waals surface area contributed by atoms with Gasteiger partial charge in [-0.15, -0.1) is 10.2 Å². The van der Waals surface area contributed by atoms with Crippen molar-refractivity contribution in [2.24, 2.45) is 0 Å². The van der Waals surface area contributed by atoms with Gasteiger partial charge in [0.1, 0.15) is 5.69 Å². The third-order valence-corrected chi connectivity index (χ3v) is 4.97. The van der Waals surface area contributed by atoms with E-state index in [1.165, 1.54) is 19.9 Å². The third-order valence-electron chi connectivity index (χ3n) is 4.97. The summed E-state index contributed by atoms with van der Waals surface area (Å²) in [5, 5.41) is 9.98. The van der Waals surface area contributed by atoms with Crippen molar-refractivity contribution in [1.82, 2.24) is 15.2 Å². The van der Waals surface area contributed by atoms with Crippen molar-refractivity contribution >= 4 is 34.4 Å². The summed E-state index contributed by atoms with van der Waals surface area (Å²) in [6, 6.07) is 7.24. The summed E-state index contributed by atoms with van der Waals surface area (Å²) in [5.41, 5.74) is 3.32. The molecule has 3 aromatic rings. The molecule has 2 heterocycles. The molecule has 0 unspecified atom stereocenters. The summed E-state index contributed by atoms with van der Waals surface area (Å²) in [6.45, 7) is 8.30. The Labute approximate surface area is 180 Å². The van der Waals surface area contributed by atoms with E-state index in [0.717, 1.165) is 0 Å². The first-order chi connectivity index (χ1) is 14.8. The van der Waals surface area contributed by atoms with Crippen molar-refractivity contribution in [1.29, 1.82) is 0 Å². The molecule has 7 nitrogen and oxygen atoms in total. The molecule has 0 amide bonds. The Morgan fingerprint density at radius 3 is 2.35 bits per heavy atom. The summed E-state index contributed by atoms with van der Waals surface area (Å²) in [4.78, 5) is 40.9. The highest BCUT2D eigenvalue weighted by Gasteiger charge is 2.22. The number of ether oxygens (including phenoxy) is 1. The Morgan fingerprint density at radius 1 is 1.06 bits per heavy atom. The molecule has 158 valence electrons. The highest BCUT2D eigenvalue weighted by molar-refractivity contribution is 6.22. The lowest BCUT2D eigenvalue weighted by atomic mass is 9.92. The first-order valence-corrected chi connectivity index (χ1v) is 9.88. The topological polar surface area (TPSA) is 99.1 Å². The highest BCUT2D eigenvalue weighted by atomic mass is 16.5. The fourth-order valence-corrected chi connectivity index (χ4v) is 3.59. The summed E-state index contributed by atoms with van der Waals surface area (Å²) >= 11 is 0. The normalized spacial score (nSPS) is 10.6. The maximum absolute atomic E-state index is 12.6. The van der Waals surface area contributed by atoms with Gasteiger partial charge >= 0.3 is 5.97 Å². The Kier molecular flexibility index (Phi) is 6.34. The summed E-state index contributed by atoms with van der Waals surface area (Å²) in [6.07, 6.45) is 3.10. The number of benzene rings is 1. The Hall–Kier alpha value is -3.74. The second-order valence-corrected chi connectivity index (χ2v) is 7.16. The molecule has 0 atom stereocenters. The Balaban J connectivity index is 2.44. The van der Waals surface area contributed by atoms with Gasteiger partial charge < -0.3 is 4.74 Å². The van der Waals surface area contributed by atoms with Crippen molar-refractivity contribution in [2.75, 3.05) is 6.61 Å². The van der Waals surface area contributed by atoms with Gasteiger partial charge in [-0.2, -0.15) is 0 Å². The van der Waals surface area contributed by atoms with Crippen LogP contribution in [0.1, 0.15) is 48.0 Å². The maximum Gasteiger partial charge on any atom is 0.338 e. The number of hydrogen-bond donors (Lipinski definition) is 0. The number of carbonyl (C=O) groups excluding carboxylic acids is 3. The number of pyridine rings is 1. The van der Waals surface area contributed by atoms with Crippen molar-refractivity contribution in [3.8, 4) is 11.4 Å². The average Bonchev–Trinajstić information content (AvgIpc) is 2.72. The number of allylic oxidation sites excluding steroid dienone is 1. The lowest BCUT2D eigenvalue weighted by Gasteiger charge is -2.16. The van der Waals surface area contributed by atoms with Crippen molar-refractivity contribution in [3.05, 3.63) is 58.4 Å². The minimum atomic E-state index is -0.423. The van der Waals surface area contributed by atoms with Gasteiger partial charge in [-0.1, -0.05) is 6.07 Å². The molecule has 3 rings (SSSR count). The first kappa shape index (κ1) is 22.0. The summed E-state index contributed by atoms with van der Waals surface area (Å²) in [7, 11) is 0. The van der Waals surface area contributed by atoms with Gasteiger partial charge in [-0.25, -0.2) is 4.79 Å². The van der Waals surface area contributed by atoms with Gasteiger partial charge in [0.25, 0.3) is 0 Å². The predicted octanol–water partition coefficient (Wildman–Crippen LogP) is 4.05. The first-order valence-electron chi connectivity index (χ1n) is 9.88. The van der Waals surface area contributed by atoms with E-state index in [9.17, 15) is 14.4 Å². The number of fused-ring (bicyclic) bond motifs is 1. The molecule has 0 aliphatic rings. The van der Waals surface area contributed by atoms with Crippen molar-refractivity contribution in [2.45, 2.75) is 34.6 Å². The zero-order valence-corrected chi connectivity index (χ0v) is 18.1. The number of rotatable bonds is 6. The molecule has 0 aliphatic heterocycles. The smallest absolute Gasteiger partial charge is 0.338 e. The number of esters is 1. The van der Waals surface area contributed by atoms with E-state index in [0.29, 0.717) is 44.5 Å². The van der Waals surface area contributed by atoms with Gasteiger partial charge in [0.05, 0.1) is 29.1 Å². The van der Waals surface area contributed by atoms with E-state index in [4.69, 9.17) is 4.74 Å². The molecule has 0 radical (unpaired) electrons. The van der Waals surface area contributed by atoms with Crippen LogP contribution in [-0.2, 0) is 14.3 Å². The van der Waals surface area contributed by atoms with Crippen LogP contribution < -0.4 is 0 Å². The van der Waals surface area contributed by atoms with Gasteiger partial charge in [0, 0.05) is 17.0 Å². The molecule has 1 aromatic carbocycles. The highest BCUT2D eigenvalue weighted by Crippen LogP contribution is 2.34. The van der Waals surface area contributed by atoms with Crippen LogP contribution in [0.5, 0.6) is 0 Å². The standard InChI is InChI=1S/C24H23N3O4/c1-6-31-24(30)21-13(2)11-18-20(12-17(15(4)28)16(5)29)26-27-23(22(18)14(21)3)19-9-7-8-10-25-19/h7-12H,6H2,1-5H3. The molecule has 0 bridgehead atoms. The van der Waals surface area contributed by atoms with E-state index in [1.54, 1.807) is 31.3 Å². The molecular formula is C24H23N3O4. The minimum absolute atomic E-state index is 0.0333. The van der Waals surface area contributed by atoms with Crippen LogP contribution in [-0.4, -0.2) is 39.3 Å². The van der Waals surface area contributed by atoms with Crippen molar-refractivity contribution < 1.29 is 19.1 Å². The molecule has 0 N–H and O–H groups in total. The van der Waals surface area contributed by atoms with Crippen LogP contribution in [0.3, 0.4) is 0 Å². The molecule has 0 spiro atoms. The summed E-state index contributed by atoms with van der Waals surface area (Å²) in [5.74, 6) is -1.13. The summed E-state index contributed by atoms with van der Waals surface area (Å²) < 4.78 is 5.25. The van der Waals surface area contributed by atoms with Gasteiger partial charge in [0.15, 0.2) is 11.6 Å². The van der Waals surface area contributed by atoms with E-state index < -0.39 is 5.97 Å². The van der Waals surface area contributed by atoms with Crippen LogP contribution >= 0.6 is 0 Å². The van der Waals surface area contributed by atoms with Crippen LogP contribution in [0.4, 0.5) is 0 Å². The monoisotopic (exact) mass is 417 g/mol. The minimum Gasteiger partial charge on any atom is -0.462 e. The molecule has 31 heavy (non-hydrogen) atoms. The second-order valence-electron chi connectivity index (χ2n) is 7.16. The van der Waals surface area contributed by atoms with Crippen LogP contribution in [0, 0.1) is 13.8 Å². The van der Waals surface area contributed by atoms with Crippen molar-refractivity contribution in [3.63, 3.8) is 0 Å². The lowest BCUT2D eigenvalue weighted by Crippen LogP contribution is -2.11. The fraction of sp³-hybridized carbons (Fsp3) is 0.250. The zero-order valence-electron chi connectivity index (χ0n) is 18.1. The number of aromatic nitrogens is 3. The molecule has 7 heteroatoms. The van der Waals surface area contributed by atoms with E-state index in [-0.39, 0.29) is 23.7 Å². The van der Waals surface area contributed by atoms with Crippen LogP contribution in [0.15, 0.2) is 36.0 Å². The number of carbonyl (C=O) groups is 3. The van der Waals surface area contributed by atoms with Crippen LogP contribution in [0.2, 0.25) is 0 Å². The van der Waals surface area contributed by atoms with E-state index in [1.807, 2.05) is 19.9 Å². The third kappa shape index (κ3) is 4.26. The molecule has 0 saturated carbocycles. The number of nitrogens with zero attached hydrogens (tertiary/aromatic N) is 3. The largest absolute Gasteiger partial charge is 0.462 e. The van der Waals surface area contributed by atoms with E-state index >= 15 is 0 Å². The average molecular weight is 417 g/mol. The second kappa shape index (κ2) is 8.95. The zero-order chi connectivity index (χ0) is 22.7. The Bertz CT molecular complexity index is 1210. The maximum atomic E-state index is 12.6. The Morgan fingerprint density at radius 2 is 1.77 bits per heavy atom. The molecular weight excluding hydrogens is 394 g/mol. The van der Waals surface area contributed by atoms with Gasteiger partial charge in [-0.05, 0) is 70.0 Å². The number of hydrogen-bond acceptors (Lipinski definition) is 7. The van der Waals surface area contributed by atoms with Crippen LogP contribution in [0.25, 0.3) is 28.2 Å². The molecule has 0 fully saturated rings. The number of aryl methyl sites for hydroxylation is 2. The quantitative estimate of drug-likeness (QED) is 0.258. The SMILES string of the molecule is CCOC(=O)c1c(C)cc2c(C=C(C(C)=O)C(C)=O)nnc(-c3ccccn3)c2c1C. The lowest BCUT2D eigenvalue weighted by molar-refractivity contribution is -0.119. The molecule has 0 aliphatic carbocycles. The number of ketones is 2. The molecule has 2 aromatic heterocycles. The van der Waals surface area contributed by atoms with Gasteiger partial charge in [-0.3, -0.25) is 14.6 Å². The molecule has 0 saturated heterocycles. The number of Topliss-reactive ketones (excluding diaryl/α,β-unsaturated/α-hetero) is 2. The predicted molar refractivity (Wildman–Crippen MR) is 118 cm³/mol.